The molecule has 1 fully saturated rings. The van der Waals surface area contributed by atoms with Crippen LogP contribution in [0.2, 0.25) is 0 Å². The number of carboxylic acid groups (broad SMARTS) is 1. The molecule has 2 N–H and O–H groups in total. The number of hydrogen-bond acceptors (Lipinski definition) is 3. The lowest BCUT2D eigenvalue weighted by Gasteiger charge is -2.26. The third-order valence-corrected chi connectivity index (χ3v) is 2.84. The Hall–Kier alpha value is -0.820. The van der Waals surface area contributed by atoms with E-state index in [1.807, 2.05) is 0 Å². The molecule has 0 aromatic heterocycles. The van der Waals surface area contributed by atoms with Gasteiger partial charge in [0, 0.05) is 6.54 Å². The Labute approximate surface area is 90.7 Å². The molecule has 16 heavy (non-hydrogen) atoms. The van der Waals surface area contributed by atoms with Crippen LogP contribution in [-0.2, 0) is 4.79 Å². The Bertz CT molecular complexity index is 269. The van der Waals surface area contributed by atoms with Gasteiger partial charge in [0.25, 0.3) is 0 Å². The summed E-state index contributed by atoms with van der Waals surface area (Å²) in [4.78, 5) is 12.0. The summed E-state index contributed by atoms with van der Waals surface area (Å²) >= 11 is 0. The number of likely N-dealkylation sites (tertiary alicyclic amines) is 1. The maximum atomic E-state index is 12.1. The van der Waals surface area contributed by atoms with Gasteiger partial charge in [-0.3, -0.25) is 9.69 Å². The van der Waals surface area contributed by atoms with Crippen molar-refractivity contribution >= 4 is 5.97 Å². The molecule has 1 aliphatic rings. The van der Waals surface area contributed by atoms with Crippen LogP contribution in [-0.4, -0.2) is 52.5 Å². The van der Waals surface area contributed by atoms with Crippen molar-refractivity contribution in [2.75, 3.05) is 13.1 Å². The van der Waals surface area contributed by atoms with Gasteiger partial charge in [-0.05, 0) is 18.9 Å². The smallest absolute Gasteiger partial charge is 0.415 e. The number of carbonyl (C=O) groups is 1. The van der Waals surface area contributed by atoms with Crippen LogP contribution in [0, 0.1) is 5.92 Å². The first-order chi connectivity index (χ1) is 7.23. The van der Waals surface area contributed by atoms with Crippen molar-refractivity contribution in [1.82, 2.24) is 4.90 Å². The van der Waals surface area contributed by atoms with E-state index in [9.17, 15) is 18.0 Å². The summed E-state index contributed by atoms with van der Waals surface area (Å²) in [5.74, 6) is -1.34. The van der Waals surface area contributed by atoms with Gasteiger partial charge in [-0.15, -0.1) is 0 Å². The van der Waals surface area contributed by atoms with Crippen LogP contribution in [0.1, 0.15) is 13.3 Å². The van der Waals surface area contributed by atoms with Crippen LogP contribution in [0.3, 0.4) is 0 Å². The van der Waals surface area contributed by atoms with E-state index in [0.717, 1.165) is 0 Å². The average molecular weight is 241 g/mol. The summed E-state index contributed by atoms with van der Waals surface area (Å²) in [6, 6.07) is -0.933. The average Bonchev–Trinajstić information content (AvgIpc) is 2.45. The highest BCUT2D eigenvalue weighted by Gasteiger charge is 2.44. The normalized spacial score (nSPS) is 29.3. The number of aliphatic hydroxyl groups excluding tert-OH is 1. The van der Waals surface area contributed by atoms with E-state index in [4.69, 9.17) is 10.2 Å². The molecule has 1 saturated heterocycles. The molecule has 1 aliphatic heterocycles. The summed E-state index contributed by atoms with van der Waals surface area (Å²) in [5.41, 5.74) is 0. The molecule has 3 unspecified atom stereocenters. The second-order valence-corrected chi connectivity index (χ2v) is 4.10. The fraction of sp³-hybridized carbons (Fsp3) is 0.889. The van der Waals surface area contributed by atoms with Crippen LogP contribution in [0.4, 0.5) is 13.2 Å². The van der Waals surface area contributed by atoms with E-state index in [2.05, 4.69) is 0 Å². The second kappa shape index (κ2) is 4.58. The molecule has 4 nitrogen and oxygen atoms in total. The van der Waals surface area contributed by atoms with Crippen molar-refractivity contribution in [3.63, 3.8) is 0 Å². The second-order valence-electron chi connectivity index (χ2n) is 4.10. The summed E-state index contributed by atoms with van der Waals surface area (Å²) in [6.07, 6.45) is -6.66. The van der Waals surface area contributed by atoms with E-state index >= 15 is 0 Å². The maximum absolute atomic E-state index is 12.1. The van der Waals surface area contributed by atoms with Gasteiger partial charge in [-0.1, -0.05) is 6.92 Å². The molecule has 1 heterocycles. The van der Waals surface area contributed by atoms with Gasteiger partial charge < -0.3 is 10.2 Å². The minimum absolute atomic E-state index is 0.196. The largest absolute Gasteiger partial charge is 0.480 e. The third kappa shape index (κ3) is 2.85. The lowest BCUT2D eigenvalue weighted by atomic mass is 10.0. The number of β-amino-alcohol motifs (C(OH)–C–C–N with tert-alkyl or cyclic N) is 1. The summed E-state index contributed by atoms with van der Waals surface area (Å²) in [5, 5.41) is 17.7. The van der Waals surface area contributed by atoms with Crippen molar-refractivity contribution in [1.29, 1.82) is 0 Å². The fourth-order valence-electron chi connectivity index (χ4n) is 1.96. The Kier molecular flexibility index (Phi) is 3.80. The van der Waals surface area contributed by atoms with Gasteiger partial charge in [-0.2, -0.15) is 13.2 Å². The predicted molar refractivity (Wildman–Crippen MR) is 48.8 cm³/mol. The first kappa shape index (κ1) is 13.2. The van der Waals surface area contributed by atoms with Gasteiger partial charge in [0.2, 0.25) is 0 Å². The lowest BCUT2D eigenvalue weighted by Crippen LogP contribution is -2.46. The van der Waals surface area contributed by atoms with Crippen LogP contribution in [0.5, 0.6) is 0 Å². The number of aliphatic carboxylic acids is 1. The number of rotatable bonds is 3. The van der Waals surface area contributed by atoms with Crippen molar-refractivity contribution in [2.45, 2.75) is 31.7 Å². The summed E-state index contributed by atoms with van der Waals surface area (Å²) in [7, 11) is 0. The highest BCUT2D eigenvalue weighted by molar-refractivity contribution is 5.74. The number of aliphatic hydroxyl groups is 1. The Balaban J connectivity index is 2.64. The van der Waals surface area contributed by atoms with Gasteiger partial charge >= 0.3 is 12.1 Å². The molecular weight excluding hydrogens is 227 g/mol. The Morgan fingerprint density at radius 3 is 2.56 bits per heavy atom. The van der Waals surface area contributed by atoms with Gasteiger partial charge in [0.15, 0.2) is 6.10 Å². The van der Waals surface area contributed by atoms with Crippen molar-refractivity contribution in [2.24, 2.45) is 5.92 Å². The van der Waals surface area contributed by atoms with E-state index in [-0.39, 0.29) is 12.5 Å². The molecule has 0 amide bonds. The molecule has 0 bridgehead atoms. The van der Waals surface area contributed by atoms with E-state index in [0.29, 0.717) is 6.42 Å². The molecule has 3 atom stereocenters. The van der Waals surface area contributed by atoms with E-state index in [1.165, 1.54) is 4.90 Å². The first-order valence-electron chi connectivity index (χ1n) is 4.95. The molecule has 94 valence electrons. The van der Waals surface area contributed by atoms with Crippen molar-refractivity contribution < 1.29 is 28.2 Å². The standard InChI is InChI=1S/C9H14F3NO3/c1-5-2-3-13(7(5)8(15)16)4-6(14)9(10,11)12/h5-7,14H,2-4H2,1H3,(H,15,16). The van der Waals surface area contributed by atoms with Crippen molar-refractivity contribution in [3.05, 3.63) is 0 Å². The van der Waals surface area contributed by atoms with Gasteiger partial charge in [0.1, 0.15) is 6.04 Å². The van der Waals surface area contributed by atoms with Crippen LogP contribution < -0.4 is 0 Å². The zero-order chi connectivity index (χ0) is 12.5. The molecule has 0 radical (unpaired) electrons. The zero-order valence-electron chi connectivity index (χ0n) is 8.74. The first-order valence-corrected chi connectivity index (χ1v) is 4.95. The highest BCUT2D eigenvalue weighted by Crippen LogP contribution is 2.27. The third-order valence-electron chi connectivity index (χ3n) is 2.84. The topological polar surface area (TPSA) is 60.8 Å². The molecule has 1 rings (SSSR count). The fourth-order valence-corrected chi connectivity index (χ4v) is 1.96. The van der Waals surface area contributed by atoms with Crippen molar-refractivity contribution in [3.8, 4) is 0 Å². The number of carboxylic acids is 1. The molecule has 0 aromatic carbocycles. The zero-order valence-corrected chi connectivity index (χ0v) is 8.74. The number of alkyl halides is 3. The summed E-state index contributed by atoms with van der Waals surface area (Å²) in [6.45, 7) is 1.27. The van der Waals surface area contributed by atoms with E-state index in [1.54, 1.807) is 6.92 Å². The minimum Gasteiger partial charge on any atom is -0.480 e. The monoisotopic (exact) mass is 241 g/mol. The minimum atomic E-state index is -4.70. The van der Waals surface area contributed by atoms with Gasteiger partial charge in [0.05, 0.1) is 0 Å². The molecule has 0 saturated carbocycles. The number of halogens is 3. The lowest BCUT2D eigenvalue weighted by molar-refractivity contribution is -0.209. The maximum Gasteiger partial charge on any atom is 0.415 e. The molecule has 0 aromatic rings. The number of hydrogen-bond donors (Lipinski definition) is 2. The molecule has 0 spiro atoms. The van der Waals surface area contributed by atoms with Crippen LogP contribution >= 0.6 is 0 Å². The highest BCUT2D eigenvalue weighted by atomic mass is 19.4. The van der Waals surface area contributed by atoms with Crippen LogP contribution in [0.15, 0.2) is 0 Å². The molecular formula is C9H14F3NO3. The van der Waals surface area contributed by atoms with Gasteiger partial charge in [-0.25, -0.2) is 0 Å². The van der Waals surface area contributed by atoms with Crippen LogP contribution in [0.25, 0.3) is 0 Å². The Morgan fingerprint density at radius 1 is 1.56 bits per heavy atom. The summed E-state index contributed by atoms with van der Waals surface area (Å²) < 4.78 is 36.3. The Morgan fingerprint density at radius 2 is 2.12 bits per heavy atom. The molecule has 7 heteroatoms. The van der Waals surface area contributed by atoms with E-state index < -0.39 is 30.8 Å². The number of nitrogens with zero attached hydrogens (tertiary/aromatic N) is 1. The predicted octanol–water partition coefficient (Wildman–Crippen LogP) is 0.705. The SMILES string of the molecule is CC1CCN(CC(O)C(F)(F)F)C1C(=O)O. The molecule has 0 aliphatic carbocycles. The quantitative estimate of drug-likeness (QED) is 0.763.